The molecule has 46 heavy (non-hydrogen) atoms. The van der Waals surface area contributed by atoms with Crippen LogP contribution in [-0.4, -0.2) is 96.8 Å². The minimum atomic E-state index is -3.84. The topological polar surface area (TPSA) is 154 Å². The number of aliphatic hydroxyl groups excluding tert-OH is 1. The van der Waals surface area contributed by atoms with Crippen molar-refractivity contribution in [1.29, 1.82) is 0 Å². The molecule has 1 aromatic carbocycles. The van der Waals surface area contributed by atoms with E-state index in [1.54, 1.807) is 0 Å². The summed E-state index contributed by atoms with van der Waals surface area (Å²) in [6.07, 6.45) is 5.00. The van der Waals surface area contributed by atoms with E-state index in [2.05, 4.69) is 20.9 Å². The molecule has 1 aromatic rings. The molecule has 0 spiro atoms. The van der Waals surface area contributed by atoms with Gasteiger partial charge in [0.05, 0.1) is 29.5 Å². The fourth-order valence-electron chi connectivity index (χ4n) is 6.54. The Hall–Kier alpha value is -2.70. The predicted octanol–water partition coefficient (Wildman–Crippen LogP) is 3.20. The van der Waals surface area contributed by atoms with Crippen LogP contribution in [0.3, 0.4) is 0 Å². The average molecular weight is 665 g/mol. The summed E-state index contributed by atoms with van der Waals surface area (Å²) in [7, 11) is -3.84. The number of alkyl carbamates (subject to hydrolysis) is 1. The highest BCUT2D eigenvalue weighted by atomic mass is 32.2. The van der Waals surface area contributed by atoms with Gasteiger partial charge in [-0.1, -0.05) is 56.5 Å². The lowest BCUT2D eigenvalue weighted by molar-refractivity contribution is -0.133. The van der Waals surface area contributed by atoms with Gasteiger partial charge in [0.1, 0.15) is 6.04 Å². The minimum Gasteiger partial charge on any atom is -0.450 e. The SMILES string of the molecule is CCCOC(=O)N[C@H](C(=O)N[C@@H](Cc1ccccc1)[C@H](O)CN1CC2CCCCC2C[C@H]1C(=O)NC(C)(C)C)C(C)(C)S(C)(=O)=O. The molecule has 1 heterocycles. The van der Waals surface area contributed by atoms with E-state index in [-0.39, 0.29) is 25.5 Å². The minimum absolute atomic E-state index is 0.0721. The highest BCUT2D eigenvalue weighted by Gasteiger charge is 2.46. The lowest BCUT2D eigenvalue weighted by Gasteiger charge is -2.47. The van der Waals surface area contributed by atoms with E-state index < -0.39 is 56.4 Å². The van der Waals surface area contributed by atoms with Crippen molar-refractivity contribution in [1.82, 2.24) is 20.9 Å². The molecule has 2 unspecified atom stereocenters. The molecular formula is C34H56N4O7S. The first kappa shape index (κ1) is 37.8. The number of ether oxygens (including phenoxy) is 1. The van der Waals surface area contributed by atoms with Crippen LogP contribution in [0, 0.1) is 11.8 Å². The maximum absolute atomic E-state index is 13.9. The smallest absolute Gasteiger partial charge is 0.407 e. The monoisotopic (exact) mass is 664 g/mol. The average Bonchev–Trinajstić information content (AvgIpc) is 2.97. The maximum atomic E-state index is 13.9. The molecular weight excluding hydrogens is 608 g/mol. The molecule has 3 rings (SSSR count). The maximum Gasteiger partial charge on any atom is 0.407 e. The number of sulfone groups is 1. The van der Waals surface area contributed by atoms with Crippen molar-refractivity contribution in [2.45, 2.75) is 121 Å². The Bertz CT molecular complexity index is 1280. The van der Waals surface area contributed by atoms with Gasteiger partial charge in [-0.25, -0.2) is 13.2 Å². The quantitative estimate of drug-likeness (QED) is 0.251. The Morgan fingerprint density at radius 2 is 1.65 bits per heavy atom. The van der Waals surface area contributed by atoms with Crippen LogP contribution in [0.25, 0.3) is 0 Å². The van der Waals surface area contributed by atoms with Gasteiger partial charge in [0.2, 0.25) is 11.8 Å². The number of hydrogen-bond acceptors (Lipinski definition) is 8. The molecule has 2 aliphatic rings. The number of carbonyl (C=O) groups is 3. The van der Waals surface area contributed by atoms with Gasteiger partial charge >= 0.3 is 6.09 Å². The van der Waals surface area contributed by atoms with Crippen molar-refractivity contribution in [3.8, 4) is 0 Å². The largest absolute Gasteiger partial charge is 0.450 e. The highest BCUT2D eigenvalue weighted by molar-refractivity contribution is 7.92. The third-order valence-electron chi connectivity index (χ3n) is 9.43. The number of carbonyl (C=O) groups excluding carboxylic acids is 3. The Morgan fingerprint density at radius 1 is 1.02 bits per heavy atom. The van der Waals surface area contributed by atoms with Crippen LogP contribution in [0.4, 0.5) is 4.79 Å². The van der Waals surface area contributed by atoms with Crippen molar-refractivity contribution in [2.75, 3.05) is 26.0 Å². The number of fused-ring (bicyclic) bond motifs is 1. The van der Waals surface area contributed by atoms with Gasteiger partial charge in [0.25, 0.3) is 0 Å². The van der Waals surface area contributed by atoms with Crippen molar-refractivity contribution >= 4 is 27.7 Å². The van der Waals surface area contributed by atoms with Gasteiger partial charge in [0.15, 0.2) is 9.84 Å². The molecule has 1 saturated carbocycles. The van der Waals surface area contributed by atoms with Crippen molar-refractivity contribution in [3.05, 3.63) is 35.9 Å². The molecule has 1 aliphatic heterocycles. The molecule has 1 saturated heterocycles. The summed E-state index contributed by atoms with van der Waals surface area (Å²) in [5.74, 6) is 0.0595. The van der Waals surface area contributed by atoms with Crippen LogP contribution in [0.2, 0.25) is 0 Å². The second-order valence-electron chi connectivity index (χ2n) is 14.7. The van der Waals surface area contributed by atoms with Gasteiger partial charge in [0, 0.05) is 24.9 Å². The lowest BCUT2D eigenvalue weighted by atomic mass is 9.72. The van der Waals surface area contributed by atoms with Crippen molar-refractivity contribution < 1.29 is 32.6 Å². The van der Waals surface area contributed by atoms with E-state index in [0.717, 1.165) is 37.5 Å². The number of amides is 3. The van der Waals surface area contributed by atoms with Crippen molar-refractivity contribution in [3.63, 3.8) is 0 Å². The lowest BCUT2D eigenvalue weighted by Crippen LogP contribution is -2.64. The zero-order valence-corrected chi connectivity index (χ0v) is 29.5. The number of nitrogens with one attached hydrogen (secondary N) is 3. The standard InChI is InChI=1S/C34H56N4O7S/c1-8-18-45-32(42)36-29(34(5,6)46(7,43)44)31(41)35-26(19-23-14-10-9-11-15-23)28(39)22-38-21-25-17-13-12-16-24(25)20-27(38)30(40)37-33(2,3)4/h9-11,14-15,24-29,39H,8,12-13,16-22H2,1-7H3,(H,35,41)(H,36,42)(H,37,40)/t24?,25?,26-,27-,28+,29+/m0/s1. The van der Waals surface area contributed by atoms with Gasteiger partial charge in [-0.2, -0.15) is 0 Å². The molecule has 2 fully saturated rings. The summed E-state index contributed by atoms with van der Waals surface area (Å²) in [5.41, 5.74) is 0.440. The van der Waals surface area contributed by atoms with Gasteiger partial charge in [-0.15, -0.1) is 0 Å². The van der Waals surface area contributed by atoms with E-state index in [1.165, 1.54) is 13.8 Å². The summed E-state index contributed by atoms with van der Waals surface area (Å²) in [6, 6.07) is 6.60. The number of hydrogen-bond donors (Lipinski definition) is 4. The first-order valence-electron chi connectivity index (χ1n) is 16.6. The number of likely N-dealkylation sites (tertiary alicyclic amines) is 1. The third-order valence-corrected chi connectivity index (χ3v) is 11.6. The summed E-state index contributed by atoms with van der Waals surface area (Å²) in [6.45, 7) is 11.3. The summed E-state index contributed by atoms with van der Waals surface area (Å²) >= 11 is 0. The number of aliphatic hydroxyl groups is 1. The second kappa shape index (κ2) is 15.9. The van der Waals surface area contributed by atoms with Crippen LogP contribution in [0.5, 0.6) is 0 Å². The molecule has 3 amide bonds. The molecule has 0 aromatic heterocycles. The Morgan fingerprint density at radius 3 is 2.24 bits per heavy atom. The predicted molar refractivity (Wildman–Crippen MR) is 179 cm³/mol. The molecule has 260 valence electrons. The van der Waals surface area contributed by atoms with E-state index in [0.29, 0.717) is 31.2 Å². The van der Waals surface area contributed by atoms with Crippen LogP contribution in [0.15, 0.2) is 30.3 Å². The molecule has 6 atom stereocenters. The van der Waals surface area contributed by atoms with Crippen LogP contribution in [0.1, 0.15) is 85.6 Å². The second-order valence-corrected chi connectivity index (χ2v) is 17.3. The van der Waals surface area contributed by atoms with Gasteiger partial charge in [-0.3, -0.25) is 14.5 Å². The van der Waals surface area contributed by atoms with Crippen LogP contribution in [-0.2, 0) is 30.6 Å². The summed E-state index contributed by atoms with van der Waals surface area (Å²) < 4.78 is 29.1. The number of piperidine rings is 1. The fourth-order valence-corrected chi connectivity index (χ4v) is 7.13. The number of nitrogens with zero attached hydrogens (tertiary/aromatic N) is 1. The van der Waals surface area contributed by atoms with E-state index >= 15 is 0 Å². The summed E-state index contributed by atoms with van der Waals surface area (Å²) in [5, 5.41) is 20.3. The summed E-state index contributed by atoms with van der Waals surface area (Å²) in [4.78, 5) is 42.1. The molecule has 11 nitrogen and oxygen atoms in total. The Balaban J connectivity index is 1.91. The van der Waals surface area contributed by atoms with Gasteiger partial charge < -0.3 is 25.8 Å². The van der Waals surface area contributed by atoms with Crippen LogP contribution >= 0.6 is 0 Å². The number of benzene rings is 1. The molecule has 0 radical (unpaired) electrons. The first-order valence-corrected chi connectivity index (χ1v) is 18.5. The Kier molecular flexibility index (Phi) is 13.1. The third kappa shape index (κ3) is 10.4. The Labute approximate surface area is 275 Å². The van der Waals surface area contributed by atoms with E-state index in [1.807, 2.05) is 58.0 Å². The zero-order chi connectivity index (χ0) is 34.3. The van der Waals surface area contributed by atoms with Crippen molar-refractivity contribution in [2.24, 2.45) is 11.8 Å². The first-order chi connectivity index (χ1) is 21.4. The number of rotatable bonds is 13. The molecule has 12 heteroatoms. The van der Waals surface area contributed by atoms with E-state index in [9.17, 15) is 27.9 Å². The van der Waals surface area contributed by atoms with Gasteiger partial charge in [-0.05, 0) is 77.7 Å². The number of β-amino-alcohol motifs (C(OH)–C–C–N with tert-alkyl or cyclic N) is 1. The molecule has 1 aliphatic carbocycles. The van der Waals surface area contributed by atoms with E-state index in [4.69, 9.17) is 4.74 Å². The zero-order valence-electron chi connectivity index (χ0n) is 28.7. The highest BCUT2D eigenvalue weighted by Crippen LogP contribution is 2.39. The fraction of sp³-hybridized carbons (Fsp3) is 0.735. The molecule has 4 N–H and O–H groups in total. The normalized spacial score (nSPS) is 22.9. The molecule has 0 bridgehead atoms. The van der Waals surface area contributed by atoms with Crippen LogP contribution < -0.4 is 16.0 Å².